The Kier molecular flexibility index (Phi) is 5.13. The van der Waals surface area contributed by atoms with Gasteiger partial charge in [0.2, 0.25) is 5.88 Å². The SMILES string of the molecule is CCNc1nc(OCCN(C)C2CC2)c(Cl)cc1Cl. The van der Waals surface area contributed by atoms with E-state index in [9.17, 15) is 0 Å². The molecule has 4 nitrogen and oxygen atoms in total. The van der Waals surface area contributed by atoms with Gasteiger partial charge in [0, 0.05) is 19.1 Å². The molecule has 0 bridgehead atoms. The fourth-order valence-electron chi connectivity index (χ4n) is 1.83. The second-order valence-corrected chi connectivity index (χ2v) is 5.51. The summed E-state index contributed by atoms with van der Waals surface area (Å²) in [4.78, 5) is 6.60. The number of ether oxygens (including phenoxy) is 1. The summed E-state index contributed by atoms with van der Waals surface area (Å²) in [5.74, 6) is 1.05. The van der Waals surface area contributed by atoms with Gasteiger partial charge in [-0.3, -0.25) is 0 Å². The third-order valence-electron chi connectivity index (χ3n) is 3.09. The van der Waals surface area contributed by atoms with Gasteiger partial charge in [0.25, 0.3) is 0 Å². The average molecular weight is 304 g/mol. The van der Waals surface area contributed by atoms with E-state index in [-0.39, 0.29) is 0 Å². The number of pyridine rings is 1. The van der Waals surface area contributed by atoms with Gasteiger partial charge in [0.1, 0.15) is 17.4 Å². The summed E-state index contributed by atoms with van der Waals surface area (Å²) in [6.07, 6.45) is 2.59. The highest BCUT2D eigenvalue weighted by atomic mass is 35.5. The van der Waals surface area contributed by atoms with Crippen LogP contribution >= 0.6 is 23.2 Å². The number of hydrogen-bond acceptors (Lipinski definition) is 4. The van der Waals surface area contributed by atoms with Crippen molar-refractivity contribution in [3.63, 3.8) is 0 Å². The largest absolute Gasteiger partial charge is 0.475 e. The standard InChI is InChI=1S/C13H19Cl2N3O/c1-3-16-12-10(14)8-11(15)13(17-12)19-7-6-18(2)9-4-5-9/h8-9H,3-7H2,1-2H3,(H,16,17). The first kappa shape index (κ1) is 14.7. The molecule has 1 aromatic rings. The molecule has 1 aliphatic rings. The van der Waals surface area contributed by atoms with Crippen LogP contribution in [0.3, 0.4) is 0 Å². The van der Waals surface area contributed by atoms with Crippen molar-refractivity contribution < 1.29 is 4.74 Å². The number of likely N-dealkylation sites (N-methyl/N-ethyl adjacent to an activating group) is 1. The molecule has 19 heavy (non-hydrogen) atoms. The molecule has 0 aromatic carbocycles. The molecule has 2 rings (SSSR count). The highest BCUT2D eigenvalue weighted by Crippen LogP contribution is 2.31. The van der Waals surface area contributed by atoms with Gasteiger partial charge in [-0.2, -0.15) is 4.98 Å². The summed E-state index contributed by atoms with van der Waals surface area (Å²) in [5, 5.41) is 4.03. The van der Waals surface area contributed by atoms with E-state index >= 15 is 0 Å². The first-order valence-corrected chi connectivity index (χ1v) is 7.30. The maximum atomic E-state index is 6.08. The Labute approximate surface area is 124 Å². The third kappa shape index (κ3) is 4.13. The Morgan fingerprint density at radius 3 is 2.79 bits per heavy atom. The molecule has 0 atom stereocenters. The first-order valence-electron chi connectivity index (χ1n) is 6.54. The number of halogens is 2. The van der Waals surface area contributed by atoms with Crippen molar-refractivity contribution in [3.8, 4) is 5.88 Å². The van der Waals surface area contributed by atoms with E-state index in [4.69, 9.17) is 27.9 Å². The zero-order valence-electron chi connectivity index (χ0n) is 11.2. The van der Waals surface area contributed by atoms with E-state index in [1.54, 1.807) is 6.07 Å². The van der Waals surface area contributed by atoms with Crippen LogP contribution in [0.4, 0.5) is 5.82 Å². The van der Waals surface area contributed by atoms with Gasteiger partial charge in [-0.05, 0) is 32.9 Å². The average Bonchev–Trinajstić information content (AvgIpc) is 3.18. The number of rotatable bonds is 7. The van der Waals surface area contributed by atoms with Crippen molar-refractivity contribution >= 4 is 29.0 Å². The molecule has 0 spiro atoms. The van der Waals surface area contributed by atoms with Gasteiger partial charge in [0.15, 0.2) is 0 Å². The van der Waals surface area contributed by atoms with E-state index < -0.39 is 0 Å². The number of hydrogen-bond donors (Lipinski definition) is 1. The smallest absolute Gasteiger partial charge is 0.234 e. The fraction of sp³-hybridized carbons (Fsp3) is 0.615. The predicted octanol–water partition coefficient (Wildman–Crippen LogP) is 3.29. The molecule has 6 heteroatoms. The van der Waals surface area contributed by atoms with E-state index in [1.807, 2.05) is 6.92 Å². The van der Waals surface area contributed by atoms with Crippen molar-refractivity contribution in [2.24, 2.45) is 0 Å². The molecule has 1 fully saturated rings. The fourth-order valence-corrected chi connectivity index (χ4v) is 2.31. The van der Waals surface area contributed by atoms with Crippen molar-refractivity contribution in [3.05, 3.63) is 16.1 Å². The molecular weight excluding hydrogens is 285 g/mol. The number of anilines is 1. The minimum absolute atomic E-state index is 0.436. The van der Waals surface area contributed by atoms with Crippen molar-refractivity contribution in [1.82, 2.24) is 9.88 Å². The second-order valence-electron chi connectivity index (χ2n) is 4.70. The van der Waals surface area contributed by atoms with Crippen LogP contribution in [0.5, 0.6) is 5.88 Å². The normalized spacial score (nSPS) is 14.8. The molecule has 106 valence electrons. The third-order valence-corrected chi connectivity index (χ3v) is 3.65. The van der Waals surface area contributed by atoms with E-state index in [1.165, 1.54) is 12.8 Å². The summed E-state index contributed by atoms with van der Waals surface area (Å²) in [6, 6.07) is 2.39. The highest BCUT2D eigenvalue weighted by molar-refractivity contribution is 6.36. The number of nitrogens with one attached hydrogen (secondary N) is 1. The lowest BCUT2D eigenvalue weighted by atomic mass is 10.4. The van der Waals surface area contributed by atoms with Crippen LogP contribution in [-0.2, 0) is 0 Å². The molecule has 0 unspecified atom stereocenters. The van der Waals surface area contributed by atoms with Crippen LogP contribution in [0.2, 0.25) is 10.0 Å². The van der Waals surface area contributed by atoms with Gasteiger partial charge in [-0.1, -0.05) is 23.2 Å². The van der Waals surface area contributed by atoms with Crippen LogP contribution in [0.25, 0.3) is 0 Å². The molecule has 0 radical (unpaired) electrons. The van der Waals surface area contributed by atoms with Crippen LogP contribution in [0.15, 0.2) is 6.07 Å². The molecule has 1 saturated carbocycles. The van der Waals surface area contributed by atoms with Crippen molar-refractivity contribution in [1.29, 1.82) is 0 Å². The molecule has 0 aliphatic heterocycles. The Morgan fingerprint density at radius 2 is 2.16 bits per heavy atom. The van der Waals surface area contributed by atoms with Crippen LogP contribution in [-0.4, -0.2) is 42.7 Å². The maximum absolute atomic E-state index is 6.08. The zero-order chi connectivity index (χ0) is 13.8. The highest BCUT2D eigenvalue weighted by Gasteiger charge is 2.25. The summed E-state index contributed by atoms with van der Waals surface area (Å²) >= 11 is 12.1. The topological polar surface area (TPSA) is 37.4 Å². The van der Waals surface area contributed by atoms with Crippen molar-refractivity contribution in [2.45, 2.75) is 25.8 Å². The molecular formula is C13H19Cl2N3O. The summed E-state index contributed by atoms with van der Waals surface area (Å²) in [7, 11) is 2.11. The number of nitrogens with zero attached hydrogens (tertiary/aromatic N) is 2. The minimum atomic E-state index is 0.436. The second kappa shape index (κ2) is 6.64. The van der Waals surface area contributed by atoms with Crippen LogP contribution in [0, 0.1) is 0 Å². The molecule has 1 N–H and O–H groups in total. The van der Waals surface area contributed by atoms with Gasteiger partial charge < -0.3 is 15.0 Å². The lowest BCUT2D eigenvalue weighted by Crippen LogP contribution is -2.26. The van der Waals surface area contributed by atoms with Gasteiger partial charge in [-0.25, -0.2) is 0 Å². The van der Waals surface area contributed by atoms with E-state index in [0.29, 0.717) is 28.3 Å². The van der Waals surface area contributed by atoms with Crippen LogP contribution < -0.4 is 10.1 Å². The summed E-state index contributed by atoms with van der Waals surface area (Å²) < 4.78 is 5.64. The van der Waals surface area contributed by atoms with Gasteiger partial charge in [0.05, 0.1) is 5.02 Å². The van der Waals surface area contributed by atoms with Gasteiger partial charge in [-0.15, -0.1) is 0 Å². The minimum Gasteiger partial charge on any atom is -0.475 e. The summed E-state index contributed by atoms with van der Waals surface area (Å²) in [5.41, 5.74) is 0. The zero-order valence-corrected chi connectivity index (χ0v) is 12.8. The Morgan fingerprint density at radius 1 is 1.42 bits per heavy atom. The van der Waals surface area contributed by atoms with E-state index in [2.05, 4.69) is 22.2 Å². The molecule has 1 aliphatic carbocycles. The predicted molar refractivity (Wildman–Crippen MR) is 79.6 cm³/mol. The molecule has 0 amide bonds. The first-order chi connectivity index (χ1) is 9.11. The molecule has 1 heterocycles. The van der Waals surface area contributed by atoms with Gasteiger partial charge >= 0.3 is 0 Å². The van der Waals surface area contributed by atoms with E-state index in [0.717, 1.165) is 19.1 Å². The summed E-state index contributed by atoms with van der Waals surface area (Å²) in [6.45, 7) is 4.19. The maximum Gasteiger partial charge on any atom is 0.234 e. The lowest BCUT2D eigenvalue weighted by Gasteiger charge is -2.16. The Balaban J connectivity index is 1.92. The quantitative estimate of drug-likeness (QED) is 0.839. The molecule has 1 aromatic heterocycles. The van der Waals surface area contributed by atoms with Crippen molar-refractivity contribution in [2.75, 3.05) is 32.1 Å². The Hall–Kier alpha value is -0.710. The Bertz CT molecular complexity index is 438. The monoisotopic (exact) mass is 303 g/mol. The number of aromatic nitrogens is 1. The lowest BCUT2D eigenvalue weighted by molar-refractivity contribution is 0.227. The van der Waals surface area contributed by atoms with Crippen LogP contribution in [0.1, 0.15) is 19.8 Å². The molecule has 0 saturated heterocycles.